The minimum absolute atomic E-state index is 0. The summed E-state index contributed by atoms with van der Waals surface area (Å²) in [5, 5.41) is 6.26. The second-order valence-corrected chi connectivity index (χ2v) is 7.00. The zero-order valence-electron chi connectivity index (χ0n) is 12.4. The van der Waals surface area contributed by atoms with Crippen LogP contribution in [0.1, 0.15) is 19.8 Å². The highest BCUT2D eigenvalue weighted by Crippen LogP contribution is 1.97. The predicted molar refractivity (Wildman–Crippen MR) is 99.9 cm³/mol. The lowest BCUT2D eigenvalue weighted by atomic mass is 10.3. The first-order valence-electron chi connectivity index (χ1n) is 6.46. The van der Waals surface area contributed by atoms with Gasteiger partial charge >= 0.3 is 0 Å². The zero-order valence-corrected chi connectivity index (χ0v) is 16.4. The Kier molecular flexibility index (Phi) is 16.0. The highest BCUT2D eigenvalue weighted by atomic mass is 127. The van der Waals surface area contributed by atoms with Crippen LogP contribution in [0, 0.1) is 0 Å². The number of halogens is 1. The van der Waals surface area contributed by atoms with Gasteiger partial charge in [-0.3, -0.25) is 4.99 Å². The third kappa shape index (κ3) is 13.3. The SMILES string of the molecule is CCS(=O)(=O)NCCNC(=NC)NCCCCSC.I. The van der Waals surface area contributed by atoms with E-state index in [0.29, 0.717) is 19.0 Å². The fraction of sp³-hybridized carbons (Fsp3) is 0.909. The van der Waals surface area contributed by atoms with Crippen molar-refractivity contribution >= 4 is 51.7 Å². The topological polar surface area (TPSA) is 82.6 Å². The molecule has 0 amide bonds. The molecular weight excluding hydrogens is 411 g/mol. The van der Waals surface area contributed by atoms with Crippen molar-refractivity contribution in [3.8, 4) is 0 Å². The van der Waals surface area contributed by atoms with Gasteiger partial charge in [0, 0.05) is 26.7 Å². The molecule has 0 aromatic carbocycles. The van der Waals surface area contributed by atoms with Gasteiger partial charge in [-0.2, -0.15) is 11.8 Å². The Balaban J connectivity index is 0. The van der Waals surface area contributed by atoms with E-state index in [4.69, 9.17) is 0 Å². The maximum Gasteiger partial charge on any atom is 0.211 e. The highest BCUT2D eigenvalue weighted by molar-refractivity contribution is 14.0. The largest absolute Gasteiger partial charge is 0.356 e. The molecule has 3 N–H and O–H groups in total. The highest BCUT2D eigenvalue weighted by Gasteiger charge is 2.04. The lowest BCUT2D eigenvalue weighted by Gasteiger charge is -2.12. The first-order valence-corrected chi connectivity index (χ1v) is 9.51. The van der Waals surface area contributed by atoms with Gasteiger partial charge in [-0.25, -0.2) is 13.1 Å². The number of aliphatic imine (C=N–C) groups is 1. The summed E-state index contributed by atoms with van der Waals surface area (Å²) >= 11 is 1.85. The van der Waals surface area contributed by atoms with E-state index in [1.807, 2.05) is 11.8 Å². The van der Waals surface area contributed by atoms with Crippen molar-refractivity contribution in [3.63, 3.8) is 0 Å². The molecule has 0 saturated heterocycles. The van der Waals surface area contributed by atoms with Crippen LogP contribution in [0.3, 0.4) is 0 Å². The molecule has 0 radical (unpaired) electrons. The molecule has 0 aliphatic carbocycles. The summed E-state index contributed by atoms with van der Waals surface area (Å²) < 4.78 is 24.9. The standard InChI is InChI=1S/C11H26N4O2S2.HI/c1-4-19(16,17)15-9-8-14-11(12-2)13-7-5-6-10-18-3;/h15H,4-10H2,1-3H3,(H2,12,13,14);1H. The maximum absolute atomic E-state index is 11.2. The molecule has 0 aromatic heterocycles. The van der Waals surface area contributed by atoms with Gasteiger partial charge in [-0.1, -0.05) is 0 Å². The van der Waals surface area contributed by atoms with Gasteiger partial charge in [0.25, 0.3) is 0 Å². The molecule has 0 aliphatic heterocycles. The molecule has 0 unspecified atom stereocenters. The molecule has 20 heavy (non-hydrogen) atoms. The van der Waals surface area contributed by atoms with Crippen molar-refractivity contribution < 1.29 is 8.42 Å². The van der Waals surface area contributed by atoms with Crippen molar-refractivity contribution in [3.05, 3.63) is 0 Å². The van der Waals surface area contributed by atoms with Crippen LogP contribution in [-0.4, -0.2) is 58.8 Å². The predicted octanol–water partition coefficient (Wildman–Crippen LogP) is 0.852. The molecule has 0 aliphatic rings. The first kappa shape index (κ1) is 22.5. The van der Waals surface area contributed by atoms with E-state index in [2.05, 4.69) is 26.6 Å². The van der Waals surface area contributed by atoms with Crippen molar-refractivity contribution in [2.75, 3.05) is 44.4 Å². The van der Waals surface area contributed by atoms with E-state index in [0.717, 1.165) is 13.0 Å². The smallest absolute Gasteiger partial charge is 0.211 e. The molecule has 122 valence electrons. The van der Waals surface area contributed by atoms with Gasteiger partial charge in [0.05, 0.1) is 5.75 Å². The minimum Gasteiger partial charge on any atom is -0.356 e. The second-order valence-electron chi connectivity index (χ2n) is 3.92. The normalized spacial score (nSPS) is 11.8. The number of nitrogens with one attached hydrogen (secondary N) is 3. The van der Waals surface area contributed by atoms with Crippen molar-refractivity contribution in [2.45, 2.75) is 19.8 Å². The van der Waals surface area contributed by atoms with Crippen LogP contribution in [-0.2, 0) is 10.0 Å². The number of hydrogen-bond acceptors (Lipinski definition) is 4. The molecule has 0 fully saturated rings. The Bertz CT molecular complexity index is 350. The average molecular weight is 438 g/mol. The van der Waals surface area contributed by atoms with Gasteiger partial charge < -0.3 is 10.6 Å². The number of guanidine groups is 1. The Morgan fingerprint density at radius 2 is 1.80 bits per heavy atom. The lowest BCUT2D eigenvalue weighted by molar-refractivity contribution is 0.581. The fourth-order valence-electron chi connectivity index (χ4n) is 1.29. The molecule has 0 spiro atoms. The fourth-order valence-corrected chi connectivity index (χ4v) is 2.40. The third-order valence-corrected chi connectivity index (χ3v) is 4.51. The number of hydrogen-bond donors (Lipinski definition) is 3. The van der Waals surface area contributed by atoms with Crippen molar-refractivity contribution in [2.24, 2.45) is 4.99 Å². The van der Waals surface area contributed by atoms with E-state index in [-0.39, 0.29) is 29.7 Å². The third-order valence-electron chi connectivity index (χ3n) is 2.41. The molecule has 0 heterocycles. The Morgan fingerprint density at radius 1 is 1.15 bits per heavy atom. The number of nitrogens with zero attached hydrogens (tertiary/aromatic N) is 1. The van der Waals surface area contributed by atoms with E-state index < -0.39 is 10.0 Å². The van der Waals surface area contributed by atoms with Crippen LogP contribution in [0.4, 0.5) is 0 Å². The van der Waals surface area contributed by atoms with Crippen LogP contribution < -0.4 is 15.4 Å². The van der Waals surface area contributed by atoms with Gasteiger partial charge in [0.2, 0.25) is 10.0 Å². The zero-order chi connectivity index (χ0) is 14.6. The summed E-state index contributed by atoms with van der Waals surface area (Å²) in [7, 11) is -1.40. The van der Waals surface area contributed by atoms with E-state index in [9.17, 15) is 8.42 Å². The maximum atomic E-state index is 11.2. The van der Waals surface area contributed by atoms with Crippen molar-refractivity contribution in [1.29, 1.82) is 0 Å². The number of unbranched alkanes of at least 4 members (excludes halogenated alkanes) is 1. The van der Waals surface area contributed by atoms with Crippen LogP contribution in [0.15, 0.2) is 4.99 Å². The minimum atomic E-state index is -3.10. The van der Waals surface area contributed by atoms with Crippen LogP contribution >= 0.6 is 35.7 Å². The summed E-state index contributed by atoms with van der Waals surface area (Å²) in [5.74, 6) is 1.99. The molecule has 6 nitrogen and oxygen atoms in total. The quantitative estimate of drug-likeness (QED) is 0.204. The summed E-state index contributed by atoms with van der Waals surface area (Å²) in [6.07, 6.45) is 4.39. The van der Waals surface area contributed by atoms with Crippen molar-refractivity contribution in [1.82, 2.24) is 15.4 Å². The number of rotatable bonds is 10. The van der Waals surface area contributed by atoms with E-state index in [1.54, 1.807) is 14.0 Å². The van der Waals surface area contributed by atoms with Gasteiger partial charge in [0.15, 0.2) is 5.96 Å². The van der Waals surface area contributed by atoms with E-state index >= 15 is 0 Å². The van der Waals surface area contributed by atoms with Gasteiger partial charge in [-0.15, -0.1) is 24.0 Å². The Labute approximate surface area is 144 Å². The van der Waals surface area contributed by atoms with E-state index in [1.165, 1.54) is 12.2 Å². The number of sulfonamides is 1. The molecule has 0 saturated carbocycles. The summed E-state index contributed by atoms with van der Waals surface area (Å²) in [4.78, 5) is 4.07. The Hall–Kier alpha value is 0.260. The molecule has 0 rings (SSSR count). The molecular formula is C11H27IN4O2S2. The molecule has 0 bridgehead atoms. The summed E-state index contributed by atoms with van der Waals surface area (Å²) in [6, 6.07) is 0. The molecule has 0 atom stereocenters. The monoisotopic (exact) mass is 438 g/mol. The number of thioether (sulfide) groups is 1. The van der Waals surface area contributed by atoms with Crippen LogP contribution in [0.5, 0.6) is 0 Å². The van der Waals surface area contributed by atoms with Gasteiger partial charge in [-0.05, 0) is 31.8 Å². The first-order chi connectivity index (χ1) is 9.05. The van der Waals surface area contributed by atoms with Crippen LogP contribution in [0.2, 0.25) is 0 Å². The second kappa shape index (κ2) is 14.2. The Morgan fingerprint density at radius 3 is 2.35 bits per heavy atom. The molecule has 0 aromatic rings. The van der Waals surface area contributed by atoms with Gasteiger partial charge in [0.1, 0.15) is 0 Å². The lowest BCUT2D eigenvalue weighted by Crippen LogP contribution is -2.42. The molecule has 9 heteroatoms. The summed E-state index contributed by atoms with van der Waals surface area (Å²) in [5.41, 5.74) is 0. The van der Waals surface area contributed by atoms with Crippen LogP contribution in [0.25, 0.3) is 0 Å². The average Bonchev–Trinajstić information content (AvgIpc) is 2.41. The summed E-state index contributed by atoms with van der Waals surface area (Å²) in [6.45, 7) is 3.37.